The van der Waals surface area contributed by atoms with Crippen LogP contribution in [0.15, 0.2) is 89.3 Å². The molecule has 18 heteroatoms. The molecule has 0 unspecified atom stereocenters. The SMILES string of the molecule is Cc1ncsc1-c1ccc(CNC(=O)[C@@H]2C[C@@H](O)CN2C(=O)[C@@H](NC(=O)c2ccc(-c3ccc(N4CCN(C)CC4)c(NC(=O)c4c[nH]c(=O)cc4C(F)(F)F)c3)cc2)C(C)(C)C)cc1. The van der Waals surface area contributed by atoms with Crippen molar-refractivity contribution < 1.29 is 37.5 Å². The number of rotatable bonds is 11. The number of halogens is 3. The number of amides is 4. The quantitative estimate of drug-likeness (QED) is 0.108. The van der Waals surface area contributed by atoms with Gasteiger partial charge in [-0.3, -0.25) is 24.0 Å². The lowest BCUT2D eigenvalue weighted by Gasteiger charge is -2.35. The van der Waals surface area contributed by atoms with E-state index in [2.05, 4.69) is 30.8 Å². The van der Waals surface area contributed by atoms with Gasteiger partial charge >= 0.3 is 6.18 Å². The first-order valence-corrected chi connectivity index (χ1v) is 22.0. The summed E-state index contributed by atoms with van der Waals surface area (Å²) >= 11 is 1.55. The number of pyridine rings is 1. The smallest absolute Gasteiger partial charge is 0.391 e. The van der Waals surface area contributed by atoms with Crippen molar-refractivity contribution in [2.45, 2.75) is 65.0 Å². The van der Waals surface area contributed by atoms with Crippen LogP contribution in [0.1, 0.15) is 64.7 Å². The molecule has 2 aromatic heterocycles. The maximum absolute atomic E-state index is 14.3. The predicted molar refractivity (Wildman–Crippen MR) is 243 cm³/mol. The van der Waals surface area contributed by atoms with Gasteiger partial charge < -0.3 is 40.7 Å². The Balaban J connectivity index is 1.06. The van der Waals surface area contributed by atoms with Crippen molar-refractivity contribution in [1.82, 2.24) is 30.4 Å². The fourth-order valence-corrected chi connectivity index (χ4v) is 8.84. The number of benzene rings is 3. The van der Waals surface area contributed by atoms with Gasteiger partial charge in [0.25, 0.3) is 11.8 Å². The maximum Gasteiger partial charge on any atom is 0.417 e. The third-order valence-corrected chi connectivity index (χ3v) is 12.7. The molecule has 5 N–H and O–H groups in total. The van der Waals surface area contributed by atoms with Crippen molar-refractivity contribution in [1.29, 1.82) is 0 Å². The number of β-amino-alcohol motifs (C(OH)–C–C–N with tert-alkyl or cyclic N) is 1. The molecule has 14 nitrogen and oxygen atoms in total. The number of carbonyl (C=O) groups is 4. The van der Waals surface area contributed by atoms with Gasteiger partial charge in [-0.2, -0.15) is 13.2 Å². The zero-order valence-electron chi connectivity index (χ0n) is 36.6. The third kappa shape index (κ3) is 10.8. The van der Waals surface area contributed by atoms with E-state index >= 15 is 0 Å². The van der Waals surface area contributed by atoms with Crippen LogP contribution in [0.4, 0.5) is 24.5 Å². The molecule has 0 bridgehead atoms. The Morgan fingerprint density at radius 3 is 2.20 bits per heavy atom. The van der Waals surface area contributed by atoms with Crippen LogP contribution >= 0.6 is 11.3 Å². The molecule has 4 heterocycles. The summed E-state index contributed by atoms with van der Waals surface area (Å²) in [6.07, 6.45) is -5.11. The fraction of sp³-hybridized carbons (Fsp3) is 0.362. The zero-order chi connectivity index (χ0) is 46.8. The van der Waals surface area contributed by atoms with E-state index in [0.29, 0.717) is 36.0 Å². The minimum atomic E-state index is -4.95. The largest absolute Gasteiger partial charge is 0.417 e. The minimum absolute atomic E-state index is 0.0386. The van der Waals surface area contributed by atoms with E-state index in [4.69, 9.17) is 0 Å². The van der Waals surface area contributed by atoms with Crippen molar-refractivity contribution >= 4 is 46.3 Å². The number of H-pyrrole nitrogens is 1. The molecule has 342 valence electrons. The van der Waals surface area contributed by atoms with Gasteiger partial charge in [0.2, 0.25) is 17.4 Å². The lowest BCUT2D eigenvalue weighted by atomic mass is 9.85. The molecule has 0 aliphatic carbocycles. The van der Waals surface area contributed by atoms with E-state index in [1.54, 1.807) is 74.0 Å². The van der Waals surface area contributed by atoms with Crippen LogP contribution < -0.4 is 26.4 Å². The summed E-state index contributed by atoms with van der Waals surface area (Å²) in [5, 5.41) is 19.1. The molecule has 3 atom stereocenters. The van der Waals surface area contributed by atoms with Gasteiger partial charge in [-0.25, -0.2) is 4.98 Å². The molecule has 2 fully saturated rings. The van der Waals surface area contributed by atoms with Crippen LogP contribution in [-0.4, -0.2) is 106 Å². The minimum Gasteiger partial charge on any atom is -0.391 e. The average molecular weight is 913 g/mol. The lowest BCUT2D eigenvalue weighted by Crippen LogP contribution is -2.57. The maximum atomic E-state index is 14.3. The first-order valence-electron chi connectivity index (χ1n) is 21.1. The van der Waals surface area contributed by atoms with Crippen LogP contribution in [0.25, 0.3) is 21.6 Å². The summed E-state index contributed by atoms with van der Waals surface area (Å²) in [4.78, 5) is 79.9. The number of hydrogen-bond donors (Lipinski definition) is 5. The number of aliphatic hydroxyl groups excluding tert-OH is 1. The number of aliphatic hydroxyl groups is 1. The topological polar surface area (TPSA) is 180 Å². The second kappa shape index (κ2) is 19.0. The van der Waals surface area contributed by atoms with Crippen molar-refractivity contribution in [3.8, 4) is 21.6 Å². The van der Waals surface area contributed by atoms with Crippen LogP contribution in [0.3, 0.4) is 0 Å². The van der Waals surface area contributed by atoms with Crippen LogP contribution in [-0.2, 0) is 22.3 Å². The van der Waals surface area contributed by atoms with Gasteiger partial charge in [-0.15, -0.1) is 11.3 Å². The number of likely N-dealkylation sites (N-methyl/N-ethyl adjacent to an activating group) is 1. The first-order chi connectivity index (χ1) is 30.8. The Morgan fingerprint density at radius 2 is 1.57 bits per heavy atom. The summed E-state index contributed by atoms with van der Waals surface area (Å²) in [7, 11) is 1.98. The van der Waals surface area contributed by atoms with E-state index < -0.39 is 70.1 Å². The average Bonchev–Trinajstić information content (AvgIpc) is 3.89. The summed E-state index contributed by atoms with van der Waals surface area (Å²) in [6, 6.07) is 17.8. The zero-order valence-corrected chi connectivity index (χ0v) is 37.4. The van der Waals surface area contributed by atoms with Crippen molar-refractivity contribution in [3.05, 3.63) is 123 Å². The Morgan fingerprint density at radius 1 is 0.908 bits per heavy atom. The highest BCUT2D eigenvalue weighted by molar-refractivity contribution is 7.13. The van der Waals surface area contributed by atoms with Crippen LogP contribution in [0, 0.1) is 12.3 Å². The van der Waals surface area contributed by atoms with Crippen molar-refractivity contribution in [2.24, 2.45) is 5.41 Å². The number of hydrogen-bond acceptors (Lipinski definition) is 10. The van der Waals surface area contributed by atoms with Crippen LogP contribution in [0.5, 0.6) is 0 Å². The standard InChI is InChI=1S/C47H51F3N8O6S/c1-27-40(65-26-53-27)30-8-6-28(7-9-30)23-52-44(63)38-21-33(59)25-58(38)45(64)41(46(2,3)4)55-42(61)31-12-10-29(11-13-31)32-14-15-37(57-18-16-56(5)17-19-57)36(20-32)54-43(62)34-24-51-39(60)22-35(34)47(48,49)50/h6-15,20,22,24,26,33,38,41,59H,16-19,21,23,25H2,1-5H3,(H,51,60)(H,52,63)(H,54,62)(H,55,61)/t33-,38+,41-/m1/s1. The number of thiazole rings is 1. The highest BCUT2D eigenvalue weighted by Crippen LogP contribution is 2.36. The number of nitrogens with zero attached hydrogens (tertiary/aromatic N) is 4. The molecule has 2 aliphatic rings. The summed E-state index contributed by atoms with van der Waals surface area (Å²) in [5.41, 5.74) is 2.98. The molecule has 5 aromatic rings. The summed E-state index contributed by atoms with van der Waals surface area (Å²) < 4.78 is 41.7. The molecule has 0 radical (unpaired) electrons. The summed E-state index contributed by atoms with van der Waals surface area (Å²) in [5.74, 6) is -2.55. The number of aromatic amines is 1. The molecule has 0 saturated carbocycles. The van der Waals surface area contributed by atoms with Gasteiger partial charge in [-0.1, -0.05) is 63.2 Å². The number of aryl methyl sites for hydroxylation is 1. The van der Waals surface area contributed by atoms with Gasteiger partial charge in [-0.05, 0) is 65.9 Å². The van der Waals surface area contributed by atoms with E-state index in [-0.39, 0.29) is 30.8 Å². The number of anilines is 2. The van der Waals surface area contributed by atoms with E-state index in [9.17, 15) is 42.3 Å². The Hall–Kier alpha value is -6.37. The van der Waals surface area contributed by atoms with Crippen molar-refractivity contribution in [3.63, 3.8) is 0 Å². The number of likely N-dealkylation sites (tertiary alicyclic amines) is 1. The lowest BCUT2D eigenvalue weighted by molar-refractivity contribution is -0.142. The molecular formula is C47H51F3N8O6S. The Labute approximate surface area is 377 Å². The van der Waals surface area contributed by atoms with E-state index in [0.717, 1.165) is 41.0 Å². The molecule has 3 aromatic carbocycles. The van der Waals surface area contributed by atoms with Crippen molar-refractivity contribution in [2.75, 3.05) is 50.0 Å². The highest BCUT2D eigenvalue weighted by Gasteiger charge is 2.44. The summed E-state index contributed by atoms with van der Waals surface area (Å²) in [6.45, 7) is 10.1. The second-order valence-corrected chi connectivity index (χ2v) is 18.4. The number of carbonyl (C=O) groups excluding carboxylic acids is 4. The Kier molecular flexibility index (Phi) is 13.6. The monoisotopic (exact) mass is 912 g/mol. The fourth-order valence-electron chi connectivity index (χ4n) is 8.03. The Bertz CT molecular complexity index is 2620. The van der Waals surface area contributed by atoms with Gasteiger partial charge in [0.1, 0.15) is 12.1 Å². The van der Waals surface area contributed by atoms with Gasteiger partial charge in [0.15, 0.2) is 0 Å². The molecule has 2 aliphatic heterocycles. The first kappa shape index (κ1) is 46.6. The number of nitrogens with one attached hydrogen (secondary N) is 4. The third-order valence-electron chi connectivity index (χ3n) is 11.7. The van der Waals surface area contributed by atoms with Gasteiger partial charge in [0, 0.05) is 63.5 Å². The molecule has 7 rings (SSSR count). The number of alkyl halides is 3. The molecular weight excluding hydrogens is 862 g/mol. The van der Waals surface area contributed by atoms with Gasteiger partial charge in [0.05, 0.1) is 44.7 Å². The van der Waals surface area contributed by atoms with E-state index in [1.807, 2.05) is 49.2 Å². The number of piperazine rings is 1. The molecule has 0 spiro atoms. The number of aromatic nitrogens is 2. The van der Waals surface area contributed by atoms with E-state index in [1.165, 1.54) is 4.90 Å². The predicted octanol–water partition coefficient (Wildman–Crippen LogP) is 5.92. The van der Waals surface area contributed by atoms with Crippen LogP contribution in [0.2, 0.25) is 0 Å². The highest BCUT2D eigenvalue weighted by atomic mass is 32.1. The normalized spacial score (nSPS) is 17.4. The molecule has 4 amide bonds. The molecule has 65 heavy (non-hydrogen) atoms. The molecule has 2 saturated heterocycles. The second-order valence-electron chi connectivity index (χ2n) is 17.5.